The molecule has 192 valence electrons. The van der Waals surface area contributed by atoms with Crippen molar-refractivity contribution >= 4 is 11.9 Å². The quantitative estimate of drug-likeness (QED) is 0.501. The lowest BCUT2D eigenvalue weighted by Gasteiger charge is -2.43. The number of hydrogen-bond donors (Lipinski definition) is 1. The molecule has 4 rings (SSSR count). The third-order valence-corrected chi connectivity index (χ3v) is 6.26. The Balaban J connectivity index is 1.62. The molecule has 0 aliphatic carbocycles. The van der Waals surface area contributed by atoms with Crippen molar-refractivity contribution in [2.75, 3.05) is 18.4 Å². The molecule has 2 atom stereocenters. The predicted molar refractivity (Wildman–Crippen MR) is 122 cm³/mol. The van der Waals surface area contributed by atoms with Crippen LogP contribution < -0.4 is 5.32 Å². The second kappa shape index (κ2) is 9.47. The molecule has 1 saturated heterocycles. The molecule has 12 heteroatoms. The summed E-state index contributed by atoms with van der Waals surface area (Å²) in [4.78, 5) is 22.1. The fourth-order valence-corrected chi connectivity index (χ4v) is 4.50. The molecule has 1 fully saturated rings. The zero-order chi connectivity index (χ0) is 26.3. The summed E-state index contributed by atoms with van der Waals surface area (Å²) in [6.45, 7) is 2.65. The molecule has 1 aliphatic heterocycles. The van der Waals surface area contributed by atoms with Crippen molar-refractivity contribution in [3.63, 3.8) is 0 Å². The number of nitrogens with zero attached hydrogens (tertiary/aromatic N) is 5. The van der Waals surface area contributed by atoms with E-state index in [1.165, 1.54) is 4.68 Å². The van der Waals surface area contributed by atoms with Crippen LogP contribution in [0.25, 0.3) is 11.1 Å². The van der Waals surface area contributed by atoms with E-state index in [-0.39, 0.29) is 18.2 Å². The standard InChI is InChI=1S/C24H25F5N6O/c1-14-6-4-5-7-17(14)18-12-34(3)33-20(18)21(36)35-13-23(25,26)8-15(2)19(35)11-32-22-30-9-16(10-31-22)24(27,28)29/h4-7,9-10,12,15,19H,8,11,13H2,1-3H3,(H,30,31,32)/t15-,19-/m1/s1. The zero-order valence-electron chi connectivity index (χ0n) is 19.9. The maximum absolute atomic E-state index is 14.6. The van der Waals surface area contributed by atoms with Crippen LogP contribution in [0.5, 0.6) is 0 Å². The highest BCUT2D eigenvalue weighted by Crippen LogP contribution is 2.36. The number of alkyl halides is 5. The van der Waals surface area contributed by atoms with Crippen molar-refractivity contribution in [2.45, 2.75) is 38.4 Å². The maximum atomic E-state index is 14.6. The van der Waals surface area contributed by atoms with Crippen molar-refractivity contribution in [1.82, 2.24) is 24.6 Å². The average Bonchev–Trinajstić information content (AvgIpc) is 3.18. The van der Waals surface area contributed by atoms with Crippen LogP contribution in [0.1, 0.15) is 35.0 Å². The van der Waals surface area contributed by atoms with Crippen molar-refractivity contribution in [1.29, 1.82) is 0 Å². The molecule has 3 heterocycles. The van der Waals surface area contributed by atoms with Gasteiger partial charge in [0, 0.05) is 44.2 Å². The number of hydrogen-bond acceptors (Lipinski definition) is 5. The van der Waals surface area contributed by atoms with Gasteiger partial charge in [-0.3, -0.25) is 9.48 Å². The molecule has 2 aromatic heterocycles. The summed E-state index contributed by atoms with van der Waals surface area (Å²) in [5, 5.41) is 7.08. The number of benzene rings is 1. The maximum Gasteiger partial charge on any atom is 0.419 e. The molecule has 3 aromatic rings. The van der Waals surface area contributed by atoms with E-state index in [0.717, 1.165) is 16.0 Å². The Kier molecular flexibility index (Phi) is 6.72. The Hall–Kier alpha value is -3.57. The topological polar surface area (TPSA) is 75.9 Å². The molecule has 1 aromatic carbocycles. The van der Waals surface area contributed by atoms with Gasteiger partial charge in [0.1, 0.15) is 0 Å². The second-order valence-corrected chi connectivity index (χ2v) is 9.09. The van der Waals surface area contributed by atoms with Crippen LogP contribution in [0.15, 0.2) is 42.9 Å². The van der Waals surface area contributed by atoms with E-state index in [1.807, 2.05) is 31.2 Å². The van der Waals surface area contributed by atoms with Gasteiger partial charge in [-0.05, 0) is 24.0 Å². The van der Waals surface area contributed by atoms with E-state index in [4.69, 9.17) is 0 Å². The number of likely N-dealkylation sites (tertiary alicyclic amines) is 1. The monoisotopic (exact) mass is 508 g/mol. The molecular weight excluding hydrogens is 483 g/mol. The van der Waals surface area contributed by atoms with E-state index >= 15 is 0 Å². The number of halogens is 5. The Morgan fingerprint density at radius 2 is 1.83 bits per heavy atom. The minimum Gasteiger partial charge on any atom is -0.352 e. The highest BCUT2D eigenvalue weighted by atomic mass is 19.4. The minimum absolute atomic E-state index is 0.0269. The smallest absolute Gasteiger partial charge is 0.352 e. The minimum atomic E-state index is -4.58. The zero-order valence-corrected chi connectivity index (χ0v) is 19.9. The normalized spacial score (nSPS) is 19.8. The van der Waals surface area contributed by atoms with Gasteiger partial charge in [0.2, 0.25) is 5.95 Å². The van der Waals surface area contributed by atoms with Gasteiger partial charge in [0.05, 0.1) is 18.2 Å². The number of nitrogens with one attached hydrogen (secondary N) is 1. The van der Waals surface area contributed by atoms with Crippen LogP contribution in [-0.2, 0) is 13.2 Å². The average molecular weight is 508 g/mol. The van der Waals surface area contributed by atoms with Crippen molar-refractivity contribution < 1.29 is 26.7 Å². The SMILES string of the molecule is Cc1ccccc1-c1cn(C)nc1C(=O)N1CC(F)(F)C[C@@H](C)[C@H]1CNc1ncc(C(F)(F)F)cn1. The lowest BCUT2D eigenvalue weighted by Crippen LogP contribution is -2.57. The molecule has 1 N–H and O–H groups in total. The number of anilines is 1. The van der Waals surface area contributed by atoms with E-state index < -0.39 is 48.5 Å². The number of carbonyl (C=O) groups is 1. The van der Waals surface area contributed by atoms with Gasteiger partial charge in [0.15, 0.2) is 5.69 Å². The van der Waals surface area contributed by atoms with E-state index in [1.54, 1.807) is 20.2 Å². The van der Waals surface area contributed by atoms with Gasteiger partial charge in [-0.1, -0.05) is 31.2 Å². The first-order valence-electron chi connectivity index (χ1n) is 11.3. The third kappa shape index (κ3) is 5.31. The number of rotatable bonds is 5. The molecule has 0 bridgehead atoms. The van der Waals surface area contributed by atoms with Crippen molar-refractivity contribution in [3.8, 4) is 11.1 Å². The van der Waals surface area contributed by atoms with Crippen LogP contribution in [0.2, 0.25) is 0 Å². The molecule has 1 amide bonds. The van der Waals surface area contributed by atoms with Crippen LogP contribution >= 0.6 is 0 Å². The highest BCUT2D eigenvalue weighted by molar-refractivity contribution is 5.99. The summed E-state index contributed by atoms with van der Waals surface area (Å²) in [6.07, 6.45) is -2.07. The van der Waals surface area contributed by atoms with Gasteiger partial charge in [-0.2, -0.15) is 18.3 Å². The molecule has 36 heavy (non-hydrogen) atoms. The lowest BCUT2D eigenvalue weighted by atomic mass is 9.88. The van der Waals surface area contributed by atoms with Crippen LogP contribution in [0.4, 0.5) is 27.9 Å². The number of carbonyl (C=O) groups excluding carboxylic acids is 1. The molecular formula is C24H25F5N6O. The highest BCUT2D eigenvalue weighted by Gasteiger charge is 2.47. The first-order chi connectivity index (χ1) is 16.9. The van der Waals surface area contributed by atoms with Gasteiger partial charge < -0.3 is 10.2 Å². The Bertz CT molecular complexity index is 1240. The van der Waals surface area contributed by atoms with Gasteiger partial charge >= 0.3 is 6.18 Å². The van der Waals surface area contributed by atoms with E-state index in [2.05, 4.69) is 20.4 Å². The number of aromatic nitrogens is 4. The molecule has 0 saturated carbocycles. The predicted octanol–water partition coefficient (Wildman–Crippen LogP) is 4.80. The summed E-state index contributed by atoms with van der Waals surface area (Å²) < 4.78 is 69.0. The fraction of sp³-hybridized carbons (Fsp3) is 0.417. The summed E-state index contributed by atoms with van der Waals surface area (Å²) in [7, 11) is 1.65. The third-order valence-electron chi connectivity index (χ3n) is 6.26. The second-order valence-electron chi connectivity index (χ2n) is 9.09. The Morgan fingerprint density at radius 1 is 1.17 bits per heavy atom. The molecule has 0 unspecified atom stereocenters. The van der Waals surface area contributed by atoms with Crippen molar-refractivity contribution in [3.05, 3.63) is 59.7 Å². The first-order valence-corrected chi connectivity index (χ1v) is 11.3. The van der Waals surface area contributed by atoms with Gasteiger partial charge in [0.25, 0.3) is 11.8 Å². The van der Waals surface area contributed by atoms with Crippen LogP contribution in [0.3, 0.4) is 0 Å². The molecule has 7 nitrogen and oxygen atoms in total. The van der Waals surface area contributed by atoms with Crippen LogP contribution in [0, 0.1) is 12.8 Å². The van der Waals surface area contributed by atoms with E-state index in [0.29, 0.717) is 18.0 Å². The lowest BCUT2D eigenvalue weighted by molar-refractivity contribution is -0.138. The molecule has 0 spiro atoms. The summed E-state index contributed by atoms with van der Waals surface area (Å²) >= 11 is 0. The van der Waals surface area contributed by atoms with Gasteiger partial charge in [-0.15, -0.1) is 0 Å². The Morgan fingerprint density at radius 3 is 2.47 bits per heavy atom. The number of amides is 1. The molecule has 1 aliphatic rings. The Labute approximate surface area is 204 Å². The summed E-state index contributed by atoms with van der Waals surface area (Å²) in [5.41, 5.74) is 1.23. The summed E-state index contributed by atoms with van der Waals surface area (Å²) in [6, 6.07) is 6.68. The fourth-order valence-electron chi connectivity index (χ4n) is 4.50. The van der Waals surface area contributed by atoms with Crippen LogP contribution in [-0.4, -0.2) is 55.6 Å². The molecule has 0 radical (unpaired) electrons. The summed E-state index contributed by atoms with van der Waals surface area (Å²) in [5.74, 6) is -4.47. The number of piperidine rings is 1. The largest absolute Gasteiger partial charge is 0.419 e. The van der Waals surface area contributed by atoms with Crippen molar-refractivity contribution in [2.24, 2.45) is 13.0 Å². The first kappa shape index (κ1) is 25.5. The number of aryl methyl sites for hydroxylation is 2. The van der Waals surface area contributed by atoms with Gasteiger partial charge in [-0.25, -0.2) is 18.7 Å². The van der Waals surface area contributed by atoms with E-state index in [9.17, 15) is 26.7 Å².